The fourth-order valence-corrected chi connectivity index (χ4v) is 4.63. The molecule has 34 heavy (non-hydrogen) atoms. The molecule has 1 fully saturated rings. The van der Waals surface area contributed by atoms with Crippen molar-refractivity contribution in [3.8, 4) is 0 Å². The second kappa shape index (κ2) is 12.8. The van der Waals surface area contributed by atoms with Gasteiger partial charge in [-0.15, -0.1) is 0 Å². The number of carbonyl (C=O) groups excluding carboxylic acids is 2. The summed E-state index contributed by atoms with van der Waals surface area (Å²) in [7, 11) is 3.65. The molecule has 186 valence electrons. The molecule has 0 aromatic carbocycles. The summed E-state index contributed by atoms with van der Waals surface area (Å²) in [6.07, 6.45) is 2.52. The number of methoxy groups -OCH3 is 1. The summed E-state index contributed by atoms with van der Waals surface area (Å²) in [4.78, 5) is 38.0. The van der Waals surface area contributed by atoms with Crippen molar-refractivity contribution >= 4 is 29.5 Å². The molecular weight excluding hydrogens is 456 g/mol. The number of nitrogens with zero attached hydrogens (tertiary/aromatic N) is 4. The zero-order chi connectivity index (χ0) is 24.5. The van der Waals surface area contributed by atoms with Crippen molar-refractivity contribution in [3.05, 3.63) is 35.4 Å². The third-order valence-electron chi connectivity index (χ3n) is 5.53. The summed E-state index contributed by atoms with van der Waals surface area (Å²) < 4.78 is 16.2. The average molecular weight is 491 g/mol. The molecule has 1 aliphatic heterocycles. The Labute approximate surface area is 205 Å². The van der Waals surface area contributed by atoms with Crippen molar-refractivity contribution in [2.75, 3.05) is 45.3 Å². The Balaban J connectivity index is 1.63. The SMILES string of the molecule is CCCN(C)c1cc(COC)nc(SCc2ccc(C(=O)N3CCCC(C(=O)OCC)C3)o2)n1. The third kappa shape index (κ3) is 6.96. The zero-order valence-corrected chi connectivity index (χ0v) is 21.2. The molecular formula is C24H34N4O5S. The lowest BCUT2D eigenvalue weighted by Crippen LogP contribution is -2.42. The van der Waals surface area contributed by atoms with E-state index in [9.17, 15) is 9.59 Å². The number of carbonyl (C=O) groups is 2. The number of amides is 1. The molecule has 1 unspecified atom stereocenters. The molecule has 0 N–H and O–H groups in total. The maximum absolute atomic E-state index is 12.9. The number of aromatic nitrogens is 2. The fraction of sp³-hybridized carbons (Fsp3) is 0.583. The molecule has 0 aliphatic carbocycles. The van der Waals surface area contributed by atoms with Crippen LogP contribution in [0.3, 0.4) is 0 Å². The van der Waals surface area contributed by atoms with Crippen molar-refractivity contribution in [2.24, 2.45) is 5.92 Å². The summed E-state index contributed by atoms with van der Waals surface area (Å²) in [5.74, 6) is 1.56. The maximum Gasteiger partial charge on any atom is 0.310 e. The lowest BCUT2D eigenvalue weighted by atomic mass is 9.98. The predicted molar refractivity (Wildman–Crippen MR) is 130 cm³/mol. The smallest absolute Gasteiger partial charge is 0.310 e. The van der Waals surface area contributed by atoms with E-state index in [-0.39, 0.29) is 23.6 Å². The van der Waals surface area contributed by atoms with Crippen LogP contribution in [-0.2, 0) is 26.6 Å². The molecule has 3 rings (SSSR count). The number of thioether (sulfide) groups is 1. The Morgan fingerprint density at radius 3 is 2.85 bits per heavy atom. The average Bonchev–Trinajstić information content (AvgIpc) is 3.32. The Morgan fingerprint density at radius 2 is 2.12 bits per heavy atom. The molecule has 1 saturated heterocycles. The van der Waals surface area contributed by atoms with E-state index in [1.807, 2.05) is 13.1 Å². The number of anilines is 1. The highest BCUT2D eigenvalue weighted by Crippen LogP contribution is 2.25. The van der Waals surface area contributed by atoms with Gasteiger partial charge < -0.3 is 23.7 Å². The van der Waals surface area contributed by atoms with Crippen LogP contribution in [0.2, 0.25) is 0 Å². The minimum Gasteiger partial charge on any atom is -0.466 e. The number of likely N-dealkylation sites (tertiary alicyclic amines) is 1. The number of piperidine rings is 1. The van der Waals surface area contributed by atoms with Crippen LogP contribution in [0.4, 0.5) is 5.82 Å². The standard InChI is InChI=1S/C24H34N4O5S/c1-5-11-27(3)21-13-18(15-31-4)25-24(26-21)34-16-19-9-10-20(33-19)22(29)28-12-7-8-17(14-28)23(30)32-6-2/h9-10,13,17H,5-8,11-12,14-16H2,1-4H3. The van der Waals surface area contributed by atoms with E-state index < -0.39 is 0 Å². The van der Waals surface area contributed by atoms with E-state index in [2.05, 4.69) is 21.8 Å². The van der Waals surface area contributed by atoms with Gasteiger partial charge in [0, 0.05) is 39.9 Å². The van der Waals surface area contributed by atoms with Gasteiger partial charge in [0.1, 0.15) is 11.6 Å². The van der Waals surface area contributed by atoms with Crippen molar-refractivity contribution in [1.82, 2.24) is 14.9 Å². The molecule has 10 heteroatoms. The molecule has 0 radical (unpaired) electrons. The lowest BCUT2D eigenvalue weighted by molar-refractivity contribution is -0.149. The Bertz CT molecular complexity index is 967. The van der Waals surface area contributed by atoms with Gasteiger partial charge in [0.05, 0.1) is 30.6 Å². The Morgan fingerprint density at radius 1 is 1.29 bits per heavy atom. The highest BCUT2D eigenvalue weighted by atomic mass is 32.2. The summed E-state index contributed by atoms with van der Waals surface area (Å²) >= 11 is 1.45. The fourth-order valence-electron chi connectivity index (χ4n) is 3.87. The zero-order valence-electron chi connectivity index (χ0n) is 20.4. The van der Waals surface area contributed by atoms with Gasteiger partial charge >= 0.3 is 5.97 Å². The largest absolute Gasteiger partial charge is 0.466 e. The minimum absolute atomic E-state index is 0.202. The molecule has 9 nitrogen and oxygen atoms in total. The number of furan rings is 1. The van der Waals surface area contributed by atoms with Gasteiger partial charge in [-0.2, -0.15) is 0 Å². The number of hydrogen-bond donors (Lipinski definition) is 0. The molecule has 1 aliphatic rings. The number of hydrogen-bond acceptors (Lipinski definition) is 9. The number of rotatable bonds is 11. The van der Waals surface area contributed by atoms with Crippen LogP contribution in [-0.4, -0.2) is 67.1 Å². The van der Waals surface area contributed by atoms with Gasteiger partial charge in [0.15, 0.2) is 10.9 Å². The van der Waals surface area contributed by atoms with Crippen LogP contribution >= 0.6 is 11.8 Å². The second-order valence-electron chi connectivity index (χ2n) is 8.25. The second-order valence-corrected chi connectivity index (χ2v) is 9.19. The van der Waals surface area contributed by atoms with Crippen LogP contribution in [0.25, 0.3) is 0 Å². The Hall–Kier alpha value is -2.59. The van der Waals surface area contributed by atoms with Gasteiger partial charge in [0.25, 0.3) is 5.91 Å². The van der Waals surface area contributed by atoms with Gasteiger partial charge in [-0.3, -0.25) is 9.59 Å². The van der Waals surface area contributed by atoms with Crippen LogP contribution in [0.1, 0.15) is 55.1 Å². The summed E-state index contributed by atoms with van der Waals surface area (Å²) in [6, 6.07) is 5.43. The van der Waals surface area contributed by atoms with E-state index in [4.69, 9.17) is 13.9 Å². The first-order valence-corrected chi connectivity index (χ1v) is 12.7. The highest BCUT2D eigenvalue weighted by molar-refractivity contribution is 7.98. The van der Waals surface area contributed by atoms with E-state index in [1.165, 1.54) is 11.8 Å². The van der Waals surface area contributed by atoms with Gasteiger partial charge in [0.2, 0.25) is 0 Å². The lowest BCUT2D eigenvalue weighted by Gasteiger charge is -2.30. The molecule has 1 atom stereocenters. The molecule has 0 saturated carbocycles. The van der Waals surface area contributed by atoms with Crippen LogP contribution in [0.5, 0.6) is 0 Å². The monoisotopic (exact) mass is 490 g/mol. The molecule has 3 heterocycles. The van der Waals surface area contributed by atoms with E-state index >= 15 is 0 Å². The predicted octanol–water partition coefficient (Wildman–Crippen LogP) is 3.77. The first kappa shape index (κ1) is 26.0. The first-order valence-electron chi connectivity index (χ1n) is 11.7. The summed E-state index contributed by atoms with van der Waals surface area (Å²) in [6.45, 7) is 6.52. The van der Waals surface area contributed by atoms with E-state index in [0.29, 0.717) is 43.0 Å². The van der Waals surface area contributed by atoms with Gasteiger partial charge in [-0.1, -0.05) is 18.7 Å². The van der Waals surface area contributed by atoms with Crippen molar-refractivity contribution in [1.29, 1.82) is 0 Å². The minimum atomic E-state index is -0.279. The Kier molecular flexibility index (Phi) is 9.76. The van der Waals surface area contributed by atoms with Crippen molar-refractivity contribution in [3.63, 3.8) is 0 Å². The molecule has 0 spiro atoms. The van der Waals surface area contributed by atoms with Crippen LogP contribution < -0.4 is 4.90 Å². The van der Waals surface area contributed by atoms with E-state index in [1.54, 1.807) is 31.1 Å². The number of esters is 1. The van der Waals surface area contributed by atoms with Crippen LogP contribution in [0, 0.1) is 5.92 Å². The number of ether oxygens (including phenoxy) is 2. The summed E-state index contributed by atoms with van der Waals surface area (Å²) in [5.41, 5.74) is 0.814. The quantitative estimate of drug-likeness (QED) is 0.265. The van der Waals surface area contributed by atoms with Gasteiger partial charge in [-0.25, -0.2) is 9.97 Å². The van der Waals surface area contributed by atoms with E-state index in [0.717, 1.165) is 37.3 Å². The van der Waals surface area contributed by atoms with Crippen molar-refractivity contribution in [2.45, 2.75) is 50.6 Å². The maximum atomic E-state index is 12.9. The van der Waals surface area contributed by atoms with Crippen molar-refractivity contribution < 1.29 is 23.5 Å². The van der Waals surface area contributed by atoms with Gasteiger partial charge in [-0.05, 0) is 38.3 Å². The molecule has 2 aromatic rings. The highest BCUT2D eigenvalue weighted by Gasteiger charge is 2.31. The van der Waals surface area contributed by atoms with Crippen LogP contribution in [0.15, 0.2) is 27.8 Å². The third-order valence-corrected chi connectivity index (χ3v) is 6.40. The normalized spacial score (nSPS) is 15.9. The summed E-state index contributed by atoms with van der Waals surface area (Å²) in [5, 5.41) is 0.630. The first-order chi connectivity index (χ1) is 16.4. The molecule has 1 amide bonds. The topological polar surface area (TPSA) is 98.0 Å². The molecule has 0 bridgehead atoms. The molecule has 2 aromatic heterocycles.